The lowest BCUT2D eigenvalue weighted by Crippen LogP contribution is -2.28. The van der Waals surface area contributed by atoms with Crippen molar-refractivity contribution < 1.29 is 0 Å². The van der Waals surface area contributed by atoms with Crippen LogP contribution in [-0.4, -0.2) is 40.1 Å². The van der Waals surface area contributed by atoms with E-state index < -0.39 is 0 Å². The Balaban J connectivity index is 2.23. The van der Waals surface area contributed by atoms with Crippen LogP contribution in [0.5, 0.6) is 0 Å². The predicted octanol–water partition coefficient (Wildman–Crippen LogP) is 3.67. The highest BCUT2D eigenvalue weighted by atomic mass is 15.3. The van der Waals surface area contributed by atoms with Crippen LogP contribution in [0.25, 0.3) is 0 Å². The molecule has 2 unspecified atom stereocenters. The quantitative estimate of drug-likeness (QED) is 0.799. The van der Waals surface area contributed by atoms with Crippen molar-refractivity contribution in [3.05, 3.63) is 0 Å². The summed E-state index contributed by atoms with van der Waals surface area (Å²) in [6.07, 6.45) is 7.12. The zero-order valence-electron chi connectivity index (χ0n) is 15.1. The first-order chi connectivity index (χ1) is 11.1. The third kappa shape index (κ3) is 5.52. The maximum absolute atomic E-state index is 4.67. The van der Waals surface area contributed by atoms with Gasteiger partial charge in [-0.2, -0.15) is 15.0 Å². The van der Waals surface area contributed by atoms with Gasteiger partial charge in [-0.1, -0.05) is 26.7 Å². The summed E-state index contributed by atoms with van der Waals surface area (Å²) in [5.74, 6) is 2.16. The summed E-state index contributed by atoms with van der Waals surface area (Å²) in [5, 5.41) is 6.78. The summed E-state index contributed by atoms with van der Waals surface area (Å²) in [7, 11) is 0. The molecule has 2 heterocycles. The van der Waals surface area contributed by atoms with E-state index in [4.69, 9.17) is 0 Å². The van der Waals surface area contributed by atoms with E-state index in [2.05, 4.69) is 58.2 Å². The lowest BCUT2D eigenvalue weighted by atomic mass is 10.2. The standard InChI is InChI=1S/C17H32N6/c1-5-13(3)18-15-20-16(19-14(4)6-2)22-17(21-15)23-11-9-7-8-10-12-23/h13-14H,5-12H2,1-4H3,(H2,18,19,20,21,22). The maximum atomic E-state index is 4.67. The van der Waals surface area contributed by atoms with Crippen molar-refractivity contribution >= 4 is 17.8 Å². The van der Waals surface area contributed by atoms with Crippen LogP contribution in [0.15, 0.2) is 0 Å². The molecular formula is C17H32N6. The van der Waals surface area contributed by atoms with Crippen LogP contribution >= 0.6 is 0 Å². The zero-order valence-corrected chi connectivity index (χ0v) is 15.1. The third-order valence-corrected chi connectivity index (χ3v) is 4.49. The molecule has 0 aromatic carbocycles. The molecule has 0 amide bonds. The Morgan fingerprint density at radius 3 is 1.74 bits per heavy atom. The van der Waals surface area contributed by atoms with E-state index in [9.17, 15) is 0 Å². The van der Waals surface area contributed by atoms with Crippen LogP contribution in [-0.2, 0) is 0 Å². The van der Waals surface area contributed by atoms with Crippen molar-refractivity contribution in [1.29, 1.82) is 0 Å². The second-order valence-corrected chi connectivity index (χ2v) is 6.59. The first kappa shape index (κ1) is 17.8. The Bertz CT molecular complexity index is 440. The normalized spacial score (nSPS) is 18.2. The van der Waals surface area contributed by atoms with Gasteiger partial charge >= 0.3 is 0 Å². The Labute approximate surface area is 140 Å². The molecule has 0 spiro atoms. The zero-order chi connectivity index (χ0) is 16.7. The van der Waals surface area contributed by atoms with Gasteiger partial charge in [-0.3, -0.25) is 0 Å². The molecule has 2 N–H and O–H groups in total. The van der Waals surface area contributed by atoms with Gasteiger partial charge in [0.1, 0.15) is 0 Å². The fraction of sp³-hybridized carbons (Fsp3) is 0.824. The van der Waals surface area contributed by atoms with Crippen LogP contribution in [0.4, 0.5) is 17.8 Å². The van der Waals surface area contributed by atoms with E-state index in [-0.39, 0.29) is 0 Å². The fourth-order valence-corrected chi connectivity index (χ4v) is 2.55. The maximum Gasteiger partial charge on any atom is 0.231 e. The van der Waals surface area contributed by atoms with Gasteiger partial charge in [0.15, 0.2) is 0 Å². The van der Waals surface area contributed by atoms with Gasteiger partial charge in [0.05, 0.1) is 0 Å². The van der Waals surface area contributed by atoms with Crippen molar-refractivity contribution in [3.63, 3.8) is 0 Å². The van der Waals surface area contributed by atoms with Gasteiger partial charge in [-0.15, -0.1) is 0 Å². The predicted molar refractivity (Wildman–Crippen MR) is 97.3 cm³/mol. The summed E-state index contributed by atoms with van der Waals surface area (Å²) in [6.45, 7) is 10.7. The van der Waals surface area contributed by atoms with Crippen LogP contribution in [0.3, 0.4) is 0 Å². The molecule has 0 saturated carbocycles. The number of anilines is 3. The Morgan fingerprint density at radius 1 is 0.826 bits per heavy atom. The van der Waals surface area contributed by atoms with E-state index in [0.717, 1.165) is 31.9 Å². The Morgan fingerprint density at radius 2 is 1.30 bits per heavy atom. The molecule has 1 aromatic rings. The fourth-order valence-electron chi connectivity index (χ4n) is 2.55. The molecule has 23 heavy (non-hydrogen) atoms. The molecule has 0 aliphatic carbocycles. The molecule has 0 radical (unpaired) electrons. The number of rotatable bonds is 7. The summed E-state index contributed by atoms with van der Waals surface area (Å²) >= 11 is 0. The largest absolute Gasteiger partial charge is 0.352 e. The number of nitrogens with zero attached hydrogens (tertiary/aromatic N) is 4. The molecule has 6 nitrogen and oxygen atoms in total. The highest BCUT2D eigenvalue weighted by Crippen LogP contribution is 2.19. The molecule has 6 heteroatoms. The third-order valence-electron chi connectivity index (χ3n) is 4.49. The number of aromatic nitrogens is 3. The Hall–Kier alpha value is -1.59. The highest BCUT2D eigenvalue weighted by molar-refractivity contribution is 5.44. The van der Waals surface area contributed by atoms with Crippen LogP contribution in [0.1, 0.15) is 66.2 Å². The van der Waals surface area contributed by atoms with Gasteiger partial charge in [-0.05, 0) is 39.5 Å². The summed E-state index contributed by atoms with van der Waals surface area (Å²) in [4.78, 5) is 16.2. The first-order valence-corrected chi connectivity index (χ1v) is 9.16. The van der Waals surface area contributed by atoms with Crippen molar-refractivity contribution in [2.24, 2.45) is 0 Å². The summed E-state index contributed by atoms with van der Waals surface area (Å²) < 4.78 is 0. The van der Waals surface area contributed by atoms with E-state index in [1.807, 2.05) is 0 Å². The smallest absolute Gasteiger partial charge is 0.231 e. The molecule has 2 rings (SSSR count). The molecule has 1 aliphatic heterocycles. The van der Waals surface area contributed by atoms with E-state index >= 15 is 0 Å². The molecule has 1 saturated heterocycles. The average molecular weight is 320 g/mol. The monoisotopic (exact) mass is 320 g/mol. The number of nitrogens with one attached hydrogen (secondary N) is 2. The van der Waals surface area contributed by atoms with Crippen LogP contribution in [0, 0.1) is 0 Å². The molecule has 1 aromatic heterocycles. The average Bonchev–Trinajstić information content (AvgIpc) is 2.83. The minimum absolute atomic E-state index is 0.353. The van der Waals surface area contributed by atoms with Crippen LogP contribution in [0.2, 0.25) is 0 Å². The van der Waals surface area contributed by atoms with Crippen molar-refractivity contribution in [3.8, 4) is 0 Å². The van der Waals surface area contributed by atoms with E-state index in [1.54, 1.807) is 0 Å². The second kappa shape index (κ2) is 8.89. The van der Waals surface area contributed by atoms with Crippen LogP contribution < -0.4 is 15.5 Å². The van der Waals surface area contributed by atoms with Gasteiger partial charge in [0.25, 0.3) is 0 Å². The summed E-state index contributed by atoms with van der Waals surface area (Å²) in [5.41, 5.74) is 0. The SMILES string of the molecule is CCC(C)Nc1nc(NC(C)CC)nc(N2CCCCCC2)n1. The molecule has 1 fully saturated rings. The highest BCUT2D eigenvalue weighted by Gasteiger charge is 2.16. The van der Waals surface area contributed by atoms with E-state index in [1.165, 1.54) is 25.7 Å². The Kier molecular flexibility index (Phi) is 6.86. The minimum Gasteiger partial charge on any atom is -0.352 e. The van der Waals surface area contributed by atoms with Gasteiger partial charge in [0.2, 0.25) is 17.8 Å². The first-order valence-electron chi connectivity index (χ1n) is 9.16. The minimum atomic E-state index is 0.353. The van der Waals surface area contributed by atoms with Gasteiger partial charge < -0.3 is 15.5 Å². The topological polar surface area (TPSA) is 66.0 Å². The molecule has 1 aliphatic rings. The van der Waals surface area contributed by atoms with Crippen molar-refractivity contribution in [2.45, 2.75) is 78.3 Å². The number of hydrogen-bond acceptors (Lipinski definition) is 6. The van der Waals surface area contributed by atoms with Crippen molar-refractivity contribution in [1.82, 2.24) is 15.0 Å². The molecule has 2 atom stereocenters. The lowest BCUT2D eigenvalue weighted by Gasteiger charge is -2.22. The lowest BCUT2D eigenvalue weighted by molar-refractivity contribution is 0.723. The molecule has 0 bridgehead atoms. The summed E-state index contributed by atoms with van der Waals surface area (Å²) in [6, 6.07) is 0.705. The second-order valence-electron chi connectivity index (χ2n) is 6.59. The number of hydrogen-bond donors (Lipinski definition) is 2. The van der Waals surface area contributed by atoms with Crippen molar-refractivity contribution in [2.75, 3.05) is 28.6 Å². The molecule has 130 valence electrons. The van der Waals surface area contributed by atoms with Gasteiger partial charge in [-0.25, -0.2) is 0 Å². The van der Waals surface area contributed by atoms with E-state index in [0.29, 0.717) is 24.0 Å². The van der Waals surface area contributed by atoms with Gasteiger partial charge in [0, 0.05) is 25.2 Å². The molecular weight excluding hydrogens is 288 g/mol.